The van der Waals surface area contributed by atoms with Crippen molar-refractivity contribution in [1.82, 2.24) is 9.80 Å². The van der Waals surface area contributed by atoms with Gasteiger partial charge in [0.15, 0.2) is 5.75 Å². The third kappa shape index (κ3) is 3.22. The molecular formula is C15H23N3O2. The molecule has 0 aromatic heterocycles. The van der Waals surface area contributed by atoms with E-state index in [2.05, 4.69) is 11.9 Å². The summed E-state index contributed by atoms with van der Waals surface area (Å²) in [5.74, 6) is 0.522. The fourth-order valence-electron chi connectivity index (χ4n) is 2.45. The van der Waals surface area contributed by atoms with E-state index in [4.69, 9.17) is 10.5 Å². The number of nitrogens with two attached hydrogens (primary N) is 1. The number of amides is 1. The Hall–Kier alpha value is -1.75. The molecule has 5 heteroatoms. The quantitative estimate of drug-likeness (QED) is 0.850. The summed E-state index contributed by atoms with van der Waals surface area (Å²) in [4.78, 5) is 16.8. The highest BCUT2D eigenvalue weighted by Crippen LogP contribution is 2.27. The van der Waals surface area contributed by atoms with E-state index in [1.165, 1.54) is 0 Å². The predicted octanol–water partition coefficient (Wildman–Crippen LogP) is 1.45. The van der Waals surface area contributed by atoms with Crippen molar-refractivity contribution in [2.75, 3.05) is 45.6 Å². The summed E-state index contributed by atoms with van der Waals surface area (Å²) in [5.41, 5.74) is 7.01. The molecule has 0 atom stereocenters. The molecule has 1 aliphatic heterocycles. The largest absolute Gasteiger partial charge is 0.491 e. The van der Waals surface area contributed by atoms with Gasteiger partial charge in [-0.25, -0.2) is 0 Å². The molecule has 0 saturated carbocycles. The van der Waals surface area contributed by atoms with Crippen LogP contribution in [-0.2, 0) is 0 Å². The molecule has 0 unspecified atom stereocenters. The summed E-state index contributed by atoms with van der Waals surface area (Å²) in [5, 5.41) is 0. The second-order valence-corrected chi connectivity index (χ2v) is 5.11. The van der Waals surface area contributed by atoms with Crippen molar-refractivity contribution in [3.8, 4) is 5.75 Å². The molecule has 5 nitrogen and oxygen atoms in total. The topological polar surface area (TPSA) is 58.8 Å². The van der Waals surface area contributed by atoms with Gasteiger partial charge in [-0.3, -0.25) is 4.79 Å². The number of anilines is 1. The molecule has 0 radical (unpaired) electrons. The van der Waals surface area contributed by atoms with Gasteiger partial charge in [-0.1, -0.05) is 6.07 Å². The summed E-state index contributed by atoms with van der Waals surface area (Å²) in [6.07, 6.45) is 0.995. The molecule has 1 aromatic rings. The van der Waals surface area contributed by atoms with Gasteiger partial charge in [0.25, 0.3) is 5.91 Å². The minimum absolute atomic E-state index is 0.0102. The Morgan fingerprint density at radius 2 is 2.10 bits per heavy atom. The van der Waals surface area contributed by atoms with Gasteiger partial charge in [-0.05, 0) is 39.1 Å². The standard InChI is InChI=1S/C15H23N3O2/c1-3-20-14-12(6-4-7-13(14)16)15(19)18-9-5-8-17(2)10-11-18/h4,6-7H,3,5,8-11,16H2,1-2H3. The fraction of sp³-hybridized carbons (Fsp3) is 0.533. The first-order valence-electron chi connectivity index (χ1n) is 7.12. The van der Waals surface area contributed by atoms with Crippen LogP contribution in [0.2, 0.25) is 0 Å². The highest BCUT2D eigenvalue weighted by molar-refractivity contribution is 5.98. The minimum Gasteiger partial charge on any atom is -0.491 e. The number of rotatable bonds is 3. The lowest BCUT2D eigenvalue weighted by Gasteiger charge is -2.22. The molecule has 1 saturated heterocycles. The number of nitrogens with zero attached hydrogens (tertiary/aromatic N) is 2. The third-order valence-electron chi connectivity index (χ3n) is 3.57. The van der Waals surface area contributed by atoms with Crippen LogP contribution in [0.1, 0.15) is 23.7 Å². The highest BCUT2D eigenvalue weighted by Gasteiger charge is 2.22. The number of carbonyl (C=O) groups is 1. The van der Waals surface area contributed by atoms with E-state index in [1.807, 2.05) is 11.8 Å². The predicted molar refractivity (Wildman–Crippen MR) is 80.0 cm³/mol. The van der Waals surface area contributed by atoms with Crippen molar-refractivity contribution in [2.24, 2.45) is 0 Å². The molecule has 1 aromatic carbocycles. The zero-order valence-electron chi connectivity index (χ0n) is 12.3. The molecule has 0 aliphatic carbocycles. The second kappa shape index (κ2) is 6.61. The van der Waals surface area contributed by atoms with Crippen molar-refractivity contribution >= 4 is 11.6 Å². The molecule has 1 heterocycles. The molecule has 110 valence electrons. The van der Waals surface area contributed by atoms with Crippen LogP contribution in [0.4, 0.5) is 5.69 Å². The van der Waals surface area contributed by atoms with Gasteiger partial charge in [0.2, 0.25) is 0 Å². The molecule has 1 amide bonds. The summed E-state index contributed by atoms with van der Waals surface area (Å²) in [7, 11) is 2.08. The Bertz CT molecular complexity index is 476. The van der Waals surface area contributed by atoms with Crippen molar-refractivity contribution in [2.45, 2.75) is 13.3 Å². The number of ether oxygens (including phenoxy) is 1. The smallest absolute Gasteiger partial charge is 0.257 e. The van der Waals surface area contributed by atoms with E-state index in [1.54, 1.807) is 18.2 Å². The molecule has 1 fully saturated rings. The second-order valence-electron chi connectivity index (χ2n) is 5.11. The van der Waals surface area contributed by atoms with Gasteiger partial charge in [-0.2, -0.15) is 0 Å². The number of benzene rings is 1. The average Bonchev–Trinajstić information content (AvgIpc) is 2.65. The van der Waals surface area contributed by atoms with E-state index in [0.717, 1.165) is 32.6 Å². The van der Waals surface area contributed by atoms with E-state index in [-0.39, 0.29) is 5.91 Å². The van der Waals surface area contributed by atoms with Crippen LogP contribution in [-0.4, -0.2) is 55.5 Å². The molecule has 2 N–H and O–H groups in total. The summed E-state index contributed by atoms with van der Waals surface area (Å²) in [6, 6.07) is 5.35. The van der Waals surface area contributed by atoms with Crippen LogP contribution < -0.4 is 10.5 Å². The van der Waals surface area contributed by atoms with Gasteiger partial charge in [0.05, 0.1) is 17.9 Å². The van der Waals surface area contributed by atoms with E-state index in [0.29, 0.717) is 23.6 Å². The lowest BCUT2D eigenvalue weighted by atomic mass is 10.1. The molecule has 1 aliphatic rings. The third-order valence-corrected chi connectivity index (χ3v) is 3.57. The Labute approximate surface area is 120 Å². The number of hydrogen-bond donors (Lipinski definition) is 1. The number of para-hydroxylation sites is 1. The van der Waals surface area contributed by atoms with Gasteiger partial charge in [0.1, 0.15) is 0 Å². The first kappa shape index (κ1) is 14.7. The maximum absolute atomic E-state index is 12.7. The first-order valence-corrected chi connectivity index (χ1v) is 7.12. The SMILES string of the molecule is CCOc1c(N)cccc1C(=O)N1CCCN(C)CC1. The normalized spacial score (nSPS) is 16.8. The Balaban J connectivity index is 2.22. The van der Waals surface area contributed by atoms with E-state index < -0.39 is 0 Å². The fourth-order valence-corrected chi connectivity index (χ4v) is 2.45. The van der Waals surface area contributed by atoms with Gasteiger partial charge in [-0.15, -0.1) is 0 Å². The van der Waals surface area contributed by atoms with Crippen LogP contribution in [0.5, 0.6) is 5.75 Å². The minimum atomic E-state index is 0.0102. The van der Waals surface area contributed by atoms with Crippen LogP contribution in [0.15, 0.2) is 18.2 Å². The first-order chi connectivity index (χ1) is 9.63. The lowest BCUT2D eigenvalue weighted by Crippen LogP contribution is -2.34. The molecule has 0 spiro atoms. The summed E-state index contributed by atoms with van der Waals surface area (Å²) in [6.45, 7) is 5.84. The molecule has 20 heavy (non-hydrogen) atoms. The van der Waals surface area contributed by atoms with Crippen LogP contribution >= 0.6 is 0 Å². The monoisotopic (exact) mass is 277 g/mol. The van der Waals surface area contributed by atoms with Gasteiger partial charge < -0.3 is 20.3 Å². The van der Waals surface area contributed by atoms with Crippen LogP contribution in [0.3, 0.4) is 0 Å². The Morgan fingerprint density at radius 3 is 2.85 bits per heavy atom. The Morgan fingerprint density at radius 1 is 1.30 bits per heavy atom. The van der Waals surface area contributed by atoms with Crippen molar-refractivity contribution < 1.29 is 9.53 Å². The highest BCUT2D eigenvalue weighted by atomic mass is 16.5. The maximum atomic E-state index is 12.7. The van der Waals surface area contributed by atoms with Gasteiger partial charge >= 0.3 is 0 Å². The Kier molecular flexibility index (Phi) is 4.84. The van der Waals surface area contributed by atoms with E-state index >= 15 is 0 Å². The number of nitrogen functional groups attached to an aromatic ring is 1. The summed E-state index contributed by atoms with van der Waals surface area (Å²) >= 11 is 0. The van der Waals surface area contributed by atoms with Crippen molar-refractivity contribution in [3.05, 3.63) is 23.8 Å². The van der Waals surface area contributed by atoms with Crippen LogP contribution in [0.25, 0.3) is 0 Å². The van der Waals surface area contributed by atoms with Crippen LogP contribution in [0, 0.1) is 0 Å². The zero-order valence-corrected chi connectivity index (χ0v) is 12.3. The number of likely N-dealkylation sites (N-methyl/N-ethyl adjacent to an activating group) is 1. The average molecular weight is 277 g/mol. The molecule has 2 rings (SSSR count). The van der Waals surface area contributed by atoms with Gasteiger partial charge in [0, 0.05) is 19.6 Å². The molecule has 0 bridgehead atoms. The zero-order chi connectivity index (χ0) is 14.5. The number of carbonyl (C=O) groups excluding carboxylic acids is 1. The molecular weight excluding hydrogens is 254 g/mol. The van der Waals surface area contributed by atoms with E-state index in [9.17, 15) is 4.79 Å². The number of hydrogen-bond acceptors (Lipinski definition) is 4. The maximum Gasteiger partial charge on any atom is 0.257 e. The lowest BCUT2D eigenvalue weighted by molar-refractivity contribution is 0.0759. The van der Waals surface area contributed by atoms with Crippen molar-refractivity contribution in [3.63, 3.8) is 0 Å². The van der Waals surface area contributed by atoms with Crippen molar-refractivity contribution in [1.29, 1.82) is 0 Å². The summed E-state index contributed by atoms with van der Waals surface area (Å²) < 4.78 is 5.55.